The lowest BCUT2D eigenvalue weighted by molar-refractivity contribution is -0.287. The Labute approximate surface area is 179 Å². The zero-order chi connectivity index (χ0) is 23.0. The van der Waals surface area contributed by atoms with Crippen LogP contribution in [0.2, 0.25) is 5.02 Å². The summed E-state index contributed by atoms with van der Waals surface area (Å²) in [6, 6.07) is 5.75. The van der Waals surface area contributed by atoms with Crippen molar-refractivity contribution in [2.24, 2.45) is 5.92 Å². The molecule has 7 nitrogen and oxygen atoms in total. The number of phenols is 1. The maximum atomic E-state index is 13.9. The number of nitrogens with one attached hydrogen (secondary N) is 2. The van der Waals surface area contributed by atoms with Gasteiger partial charge in [0, 0.05) is 10.6 Å². The zero-order valence-corrected chi connectivity index (χ0v) is 16.8. The van der Waals surface area contributed by atoms with E-state index in [2.05, 4.69) is 5.32 Å². The van der Waals surface area contributed by atoms with Crippen LogP contribution in [0.1, 0.15) is 28.9 Å². The lowest BCUT2D eigenvalue weighted by Gasteiger charge is -2.45. The molecule has 0 unspecified atom stereocenters. The summed E-state index contributed by atoms with van der Waals surface area (Å²) in [6.07, 6.45) is -5.38. The summed E-state index contributed by atoms with van der Waals surface area (Å²) >= 11 is 5.79. The van der Waals surface area contributed by atoms with Crippen LogP contribution in [0.15, 0.2) is 42.5 Å². The normalized spacial score (nSPS) is 23.6. The Morgan fingerprint density at radius 3 is 2.45 bits per heavy atom. The zero-order valence-electron chi connectivity index (χ0n) is 16.0. The predicted molar refractivity (Wildman–Crippen MR) is 104 cm³/mol. The molecular weight excluding hydrogens is 441 g/mol. The highest BCUT2D eigenvalue weighted by atomic mass is 35.5. The summed E-state index contributed by atoms with van der Waals surface area (Å²) in [5, 5.41) is 24.4. The van der Waals surface area contributed by atoms with E-state index >= 15 is 0 Å². The SMILES string of the molecule is CCOc1cc([C@@H]2NC(=O)N[C@](O)(C(F)(F)F)[C@H]2C(=O)c2ccc(Cl)cc2)ccc1O. The van der Waals surface area contributed by atoms with Crippen molar-refractivity contribution in [1.29, 1.82) is 0 Å². The van der Waals surface area contributed by atoms with Gasteiger partial charge in [0.1, 0.15) is 5.92 Å². The van der Waals surface area contributed by atoms with Gasteiger partial charge in [-0.05, 0) is 48.9 Å². The maximum absolute atomic E-state index is 13.9. The lowest BCUT2D eigenvalue weighted by Crippen LogP contribution is -2.72. The summed E-state index contributed by atoms with van der Waals surface area (Å²) in [5.41, 5.74) is -3.99. The predicted octanol–water partition coefficient (Wildman–Crippen LogP) is 3.55. The van der Waals surface area contributed by atoms with Crippen molar-refractivity contribution in [2.45, 2.75) is 24.9 Å². The Morgan fingerprint density at radius 2 is 1.87 bits per heavy atom. The van der Waals surface area contributed by atoms with Crippen LogP contribution in [0.4, 0.5) is 18.0 Å². The van der Waals surface area contributed by atoms with Crippen LogP contribution in [-0.4, -0.2) is 40.5 Å². The molecule has 1 heterocycles. The molecule has 0 aromatic heterocycles. The molecule has 3 rings (SSSR count). The van der Waals surface area contributed by atoms with Gasteiger partial charge < -0.3 is 25.6 Å². The summed E-state index contributed by atoms with van der Waals surface area (Å²) in [4.78, 5) is 25.2. The fraction of sp³-hybridized carbons (Fsp3) is 0.300. The molecule has 31 heavy (non-hydrogen) atoms. The molecule has 2 amide bonds. The van der Waals surface area contributed by atoms with Gasteiger partial charge >= 0.3 is 12.2 Å². The number of carbonyl (C=O) groups excluding carboxylic acids is 2. The van der Waals surface area contributed by atoms with E-state index in [9.17, 15) is 33.0 Å². The largest absolute Gasteiger partial charge is 0.504 e. The van der Waals surface area contributed by atoms with E-state index in [1.54, 1.807) is 6.92 Å². The number of aromatic hydroxyl groups is 1. The Kier molecular flexibility index (Phi) is 6.06. The van der Waals surface area contributed by atoms with E-state index in [-0.39, 0.29) is 34.3 Å². The third-order valence-corrected chi connectivity index (χ3v) is 5.11. The minimum Gasteiger partial charge on any atom is -0.504 e. The second-order valence-electron chi connectivity index (χ2n) is 6.85. The molecule has 0 bridgehead atoms. The molecule has 0 aliphatic carbocycles. The van der Waals surface area contributed by atoms with Gasteiger partial charge in [0.05, 0.1) is 12.6 Å². The van der Waals surface area contributed by atoms with Gasteiger partial charge in [0.25, 0.3) is 0 Å². The molecule has 0 saturated carbocycles. The standard InChI is InChI=1S/C20H18ClF3N2O5/c1-2-31-14-9-11(5-8-13(14)27)16-15(17(28)10-3-6-12(21)7-4-10)19(30,20(22,23)24)26-18(29)25-16/h3-9,15-16,27,30H,2H2,1H3,(H2,25,26,29)/t15-,16+,19-/m1/s1. The quantitative estimate of drug-likeness (QED) is 0.512. The average Bonchev–Trinajstić information content (AvgIpc) is 2.68. The summed E-state index contributed by atoms with van der Waals surface area (Å²) in [5.74, 6) is -3.62. The number of carbonyl (C=O) groups is 2. The molecule has 4 N–H and O–H groups in total. The Balaban J connectivity index is 2.17. The van der Waals surface area contributed by atoms with Crippen molar-refractivity contribution in [3.8, 4) is 11.5 Å². The molecule has 1 aliphatic rings. The first-order valence-electron chi connectivity index (χ1n) is 9.11. The second kappa shape index (κ2) is 8.27. The lowest BCUT2D eigenvalue weighted by atomic mass is 9.77. The van der Waals surface area contributed by atoms with Gasteiger partial charge in [0.2, 0.25) is 5.72 Å². The molecule has 3 atom stereocenters. The molecule has 0 spiro atoms. The molecule has 166 valence electrons. The number of aliphatic hydroxyl groups is 1. The summed E-state index contributed by atoms with van der Waals surface area (Å²) < 4.78 is 47.0. The van der Waals surface area contributed by atoms with E-state index in [0.717, 1.165) is 6.07 Å². The van der Waals surface area contributed by atoms with Crippen LogP contribution in [-0.2, 0) is 0 Å². The molecular formula is C20H18ClF3N2O5. The first-order chi connectivity index (χ1) is 14.5. The van der Waals surface area contributed by atoms with Gasteiger partial charge in [-0.15, -0.1) is 0 Å². The van der Waals surface area contributed by atoms with Crippen molar-refractivity contribution in [3.63, 3.8) is 0 Å². The minimum absolute atomic E-state index is 0.0195. The van der Waals surface area contributed by atoms with E-state index < -0.39 is 35.7 Å². The molecule has 11 heteroatoms. The molecule has 0 radical (unpaired) electrons. The van der Waals surface area contributed by atoms with Gasteiger partial charge in [0.15, 0.2) is 17.3 Å². The van der Waals surface area contributed by atoms with Crippen LogP contribution in [0.25, 0.3) is 0 Å². The number of ether oxygens (including phenoxy) is 1. The van der Waals surface area contributed by atoms with Crippen molar-refractivity contribution < 1.29 is 37.7 Å². The molecule has 2 aromatic rings. The highest BCUT2D eigenvalue weighted by molar-refractivity contribution is 6.30. The number of ketones is 1. The third kappa shape index (κ3) is 4.26. The fourth-order valence-electron chi connectivity index (χ4n) is 3.41. The molecule has 1 fully saturated rings. The highest BCUT2D eigenvalue weighted by Crippen LogP contribution is 2.45. The Morgan fingerprint density at radius 1 is 1.23 bits per heavy atom. The average molecular weight is 459 g/mol. The Bertz CT molecular complexity index is 999. The molecule has 2 aromatic carbocycles. The van der Waals surface area contributed by atoms with Crippen LogP contribution in [0.3, 0.4) is 0 Å². The van der Waals surface area contributed by atoms with Crippen molar-refractivity contribution in [3.05, 3.63) is 58.6 Å². The number of hydrogen-bond acceptors (Lipinski definition) is 5. The Hall–Kier alpha value is -2.98. The molecule has 1 saturated heterocycles. The van der Waals surface area contributed by atoms with Gasteiger partial charge in [-0.1, -0.05) is 17.7 Å². The minimum atomic E-state index is -5.38. The van der Waals surface area contributed by atoms with Gasteiger partial charge in [-0.25, -0.2) is 4.79 Å². The van der Waals surface area contributed by atoms with Crippen LogP contribution >= 0.6 is 11.6 Å². The number of phenolic OH excluding ortho intramolecular Hbond substituents is 1. The number of hydrogen-bond donors (Lipinski definition) is 4. The third-order valence-electron chi connectivity index (χ3n) is 4.86. The van der Waals surface area contributed by atoms with Gasteiger partial charge in [-0.2, -0.15) is 13.2 Å². The smallest absolute Gasteiger partial charge is 0.437 e. The van der Waals surface area contributed by atoms with E-state index in [1.165, 1.54) is 41.7 Å². The first-order valence-corrected chi connectivity index (χ1v) is 9.49. The first kappa shape index (κ1) is 22.7. The summed E-state index contributed by atoms with van der Waals surface area (Å²) in [6.45, 7) is 1.78. The van der Waals surface area contributed by atoms with E-state index in [0.29, 0.717) is 0 Å². The van der Waals surface area contributed by atoms with E-state index in [1.807, 2.05) is 0 Å². The van der Waals surface area contributed by atoms with Gasteiger partial charge in [-0.3, -0.25) is 4.79 Å². The molecule has 1 aliphatic heterocycles. The van der Waals surface area contributed by atoms with E-state index in [4.69, 9.17) is 16.3 Å². The number of Topliss-reactive ketones (excluding diaryl/α,β-unsaturated/α-hetero) is 1. The number of urea groups is 1. The second-order valence-corrected chi connectivity index (χ2v) is 7.29. The van der Waals surface area contributed by atoms with Crippen molar-refractivity contribution in [2.75, 3.05) is 6.61 Å². The van der Waals surface area contributed by atoms with Crippen molar-refractivity contribution >= 4 is 23.4 Å². The van der Waals surface area contributed by atoms with Crippen LogP contribution < -0.4 is 15.4 Å². The highest BCUT2D eigenvalue weighted by Gasteiger charge is 2.66. The van der Waals surface area contributed by atoms with Crippen LogP contribution in [0, 0.1) is 5.92 Å². The van der Waals surface area contributed by atoms with Crippen molar-refractivity contribution in [1.82, 2.24) is 10.6 Å². The number of benzene rings is 2. The number of halogens is 4. The maximum Gasteiger partial charge on any atom is 0.437 e. The number of alkyl halides is 3. The number of amides is 2. The topological polar surface area (TPSA) is 108 Å². The number of rotatable bonds is 5. The monoisotopic (exact) mass is 458 g/mol. The summed E-state index contributed by atoms with van der Waals surface area (Å²) in [7, 11) is 0. The van der Waals surface area contributed by atoms with Crippen LogP contribution in [0.5, 0.6) is 11.5 Å². The fourth-order valence-corrected chi connectivity index (χ4v) is 3.53.